The van der Waals surface area contributed by atoms with E-state index >= 15 is 0 Å². The van der Waals surface area contributed by atoms with Crippen LogP contribution in [-0.4, -0.2) is 30.3 Å². The second-order valence-corrected chi connectivity index (χ2v) is 6.54. The highest BCUT2D eigenvalue weighted by molar-refractivity contribution is 7.13. The fourth-order valence-electron chi connectivity index (χ4n) is 2.16. The fraction of sp³-hybridized carbons (Fsp3) is 0.389. The lowest BCUT2D eigenvalue weighted by Crippen LogP contribution is -2.17. The number of amides is 1. The average molecular weight is 361 g/mol. The van der Waals surface area contributed by atoms with Gasteiger partial charge in [-0.25, -0.2) is 10.4 Å². The van der Waals surface area contributed by atoms with Crippen LogP contribution in [0.25, 0.3) is 0 Å². The molecule has 0 radical (unpaired) electrons. The van der Waals surface area contributed by atoms with Gasteiger partial charge in [-0.1, -0.05) is 6.92 Å². The lowest BCUT2D eigenvalue weighted by Gasteiger charge is -2.11. The summed E-state index contributed by atoms with van der Waals surface area (Å²) in [6.45, 7) is 8.84. The summed E-state index contributed by atoms with van der Waals surface area (Å²) in [5, 5.41) is 4.88. The minimum absolute atomic E-state index is 0.257. The molecule has 0 spiro atoms. The minimum atomic E-state index is -0.257. The Kier molecular flexibility index (Phi) is 6.94. The van der Waals surface area contributed by atoms with Crippen molar-refractivity contribution in [1.82, 2.24) is 10.4 Å². The van der Waals surface area contributed by atoms with Crippen molar-refractivity contribution in [2.45, 2.75) is 34.1 Å². The number of carbonyl (C=O) groups is 1. The molecule has 0 bridgehead atoms. The molecule has 7 heteroatoms. The van der Waals surface area contributed by atoms with Crippen molar-refractivity contribution in [3.8, 4) is 11.5 Å². The van der Waals surface area contributed by atoms with Crippen LogP contribution in [0.3, 0.4) is 0 Å². The summed E-state index contributed by atoms with van der Waals surface area (Å²) in [6, 6.07) is 5.55. The van der Waals surface area contributed by atoms with Gasteiger partial charge in [0.1, 0.15) is 4.88 Å². The first-order valence-electron chi connectivity index (χ1n) is 8.22. The summed E-state index contributed by atoms with van der Waals surface area (Å²) in [4.78, 5) is 16.9. The van der Waals surface area contributed by atoms with Crippen molar-refractivity contribution in [1.29, 1.82) is 0 Å². The van der Waals surface area contributed by atoms with Gasteiger partial charge in [0.25, 0.3) is 5.91 Å². The molecular weight excluding hydrogens is 338 g/mol. The van der Waals surface area contributed by atoms with Crippen LogP contribution in [0.5, 0.6) is 11.5 Å². The van der Waals surface area contributed by atoms with Gasteiger partial charge < -0.3 is 9.47 Å². The van der Waals surface area contributed by atoms with Crippen LogP contribution in [-0.2, 0) is 0 Å². The second-order valence-electron chi connectivity index (χ2n) is 5.33. The molecular formula is C18H23N3O3S. The SMILES string of the molecule is CCCOc1ccc(/C=N/NC(=O)c2sc(C)nc2C)cc1OCC. The van der Waals surface area contributed by atoms with Gasteiger partial charge in [-0.05, 0) is 51.0 Å². The maximum Gasteiger partial charge on any atom is 0.283 e. The molecule has 0 fully saturated rings. The van der Waals surface area contributed by atoms with Gasteiger partial charge in [0.15, 0.2) is 11.5 Å². The summed E-state index contributed by atoms with van der Waals surface area (Å²) >= 11 is 1.35. The molecule has 0 saturated heterocycles. The first kappa shape index (κ1) is 18.9. The number of thiazole rings is 1. The topological polar surface area (TPSA) is 72.8 Å². The molecule has 0 saturated carbocycles. The highest BCUT2D eigenvalue weighted by Gasteiger charge is 2.12. The number of hydrogen-bond donors (Lipinski definition) is 1. The maximum atomic E-state index is 12.1. The number of nitrogens with one attached hydrogen (secondary N) is 1. The van der Waals surface area contributed by atoms with Crippen LogP contribution >= 0.6 is 11.3 Å². The van der Waals surface area contributed by atoms with Crippen molar-refractivity contribution in [3.05, 3.63) is 39.3 Å². The highest BCUT2D eigenvalue weighted by Crippen LogP contribution is 2.28. The van der Waals surface area contributed by atoms with E-state index in [2.05, 4.69) is 22.4 Å². The molecule has 1 amide bonds. The molecule has 2 aromatic rings. The molecule has 1 aromatic carbocycles. The molecule has 6 nitrogen and oxygen atoms in total. The highest BCUT2D eigenvalue weighted by atomic mass is 32.1. The lowest BCUT2D eigenvalue weighted by molar-refractivity contribution is 0.0958. The average Bonchev–Trinajstić information content (AvgIpc) is 2.93. The molecule has 0 unspecified atom stereocenters. The number of carbonyl (C=O) groups excluding carboxylic acids is 1. The van der Waals surface area contributed by atoms with E-state index in [1.807, 2.05) is 39.0 Å². The molecule has 0 aliphatic carbocycles. The van der Waals surface area contributed by atoms with Gasteiger partial charge in [0.2, 0.25) is 0 Å². The standard InChI is InChI=1S/C18H23N3O3S/c1-5-9-24-15-8-7-14(10-16(15)23-6-2)11-19-21-18(22)17-12(3)20-13(4)25-17/h7-8,10-11H,5-6,9H2,1-4H3,(H,21,22)/b19-11+. The Hall–Kier alpha value is -2.41. The first-order valence-corrected chi connectivity index (χ1v) is 9.03. The van der Waals surface area contributed by atoms with Gasteiger partial charge >= 0.3 is 0 Å². The zero-order chi connectivity index (χ0) is 18.2. The summed E-state index contributed by atoms with van der Waals surface area (Å²) in [6.07, 6.45) is 2.50. The Balaban J connectivity index is 2.05. The third-order valence-corrected chi connectivity index (χ3v) is 4.29. The van der Waals surface area contributed by atoms with Crippen LogP contribution in [0.4, 0.5) is 0 Å². The number of rotatable bonds is 8. The van der Waals surface area contributed by atoms with Crippen molar-refractivity contribution in [2.75, 3.05) is 13.2 Å². The normalized spacial score (nSPS) is 10.9. The zero-order valence-corrected chi connectivity index (χ0v) is 15.8. The van der Waals surface area contributed by atoms with E-state index in [9.17, 15) is 4.79 Å². The summed E-state index contributed by atoms with van der Waals surface area (Å²) in [5.41, 5.74) is 4.05. The molecule has 1 N–H and O–H groups in total. The third kappa shape index (κ3) is 5.29. The monoisotopic (exact) mass is 361 g/mol. The Morgan fingerprint density at radius 1 is 1.28 bits per heavy atom. The van der Waals surface area contributed by atoms with Crippen molar-refractivity contribution < 1.29 is 14.3 Å². The van der Waals surface area contributed by atoms with Gasteiger partial charge in [-0.15, -0.1) is 11.3 Å². The van der Waals surface area contributed by atoms with Crippen LogP contribution in [0.2, 0.25) is 0 Å². The van der Waals surface area contributed by atoms with Crippen molar-refractivity contribution >= 4 is 23.5 Å². The first-order chi connectivity index (χ1) is 12.0. The summed E-state index contributed by atoms with van der Waals surface area (Å²) < 4.78 is 11.3. The number of hydrogen-bond acceptors (Lipinski definition) is 6. The van der Waals surface area contributed by atoms with E-state index in [1.165, 1.54) is 11.3 Å². The van der Waals surface area contributed by atoms with Crippen LogP contribution in [0, 0.1) is 13.8 Å². The second kappa shape index (κ2) is 9.17. The number of aryl methyl sites for hydroxylation is 2. The Morgan fingerprint density at radius 3 is 2.72 bits per heavy atom. The number of nitrogens with zero attached hydrogens (tertiary/aromatic N) is 2. The third-order valence-electron chi connectivity index (χ3n) is 3.22. The minimum Gasteiger partial charge on any atom is -0.490 e. The van der Waals surface area contributed by atoms with Crippen LogP contribution in [0.1, 0.15) is 46.2 Å². The van der Waals surface area contributed by atoms with E-state index in [0.717, 1.165) is 17.0 Å². The van der Waals surface area contributed by atoms with E-state index in [4.69, 9.17) is 9.47 Å². The van der Waals surface area contributed by atoms with Gasteiger partial charge in [-0.2, -0.15) is 5.10 Å². The molecule has 1 aromatic heterocycles. The predicted molar refractivity (Wildman–Crippen MR) is 100 cm³/mol. The largest absolute Gasteiger partial charge is 0.490 e. The Bertz CT molecular complexity index is 756. The fourth-order valence-corrected chi connectivity index (χ4v) is 2.97. The maximum absolute atomic E-state index is 12.1. The quantitative estimate of drug-likeness (QED) is 0.575. The van der Waals surface area contributed by atoms with Crippen molar-refractivity contribution in [2.24, 2.45) is 5.10 Å². The number of hydrazone groups is 1. The van der Waals surface area contributed by atoms with Crippen molar-refractivity contribution in [3.63, 3.8) is 0 Å². The molecule has 1 heterocycles. The molecule has 0 atom stereocenters. The van der Waals surface area contributed by atoms with Crippen LogP contribution < -0.4 is 14.9 Å². The number of benzene rings is 1. The predicted octanol–water partition coefficient (Wildman–Crippen LogP) is 3.71. The number of aromatic nitrogens is 1. The van der Waals surface area contributed by atoms with Gasteiger partial charge in [-0.3, -0.25) is 4.79 Å². The Labute approximate surface area is 151 Å². The molecule has 2 rings (SSSR count). The van der Waals surface area contributed by atoms with Gasteiger partial charge in [0, 0.05) is 0 Å². The molecule has 0 aliphatic rings. The van der Waals surface area contributed by atoms with E-state index < -0.39 is 0 Å². The molecule has 25 heavy (non-hydrogen) atoms. The van der Waals surface area contributed by atoms with E-state index in [1.54, 1.807) is 6.21 Å². The van der Waals surface area contributed by atoms with E-state index in [0.29, 0.717) is 35.3 Å². The molecule has 0 aliphatic heterocycles. The van der Waals surface area contributed by atoms with Gasteiger partial charge in [0.05, 0.1) is 30.1 Å². The summed E-state index contributed by atoms with van der Waals surface area (Å²) in [5.74, 6) is 1.12. The molecule has 134 valence electrons. The lowest BCUT2D eigenvalue weighted by atomic mass is 10.2. The number of ether oxygens (including phenoxy) is 2. The summed E-state index contributed by atoms with van der Waals surface area (Å²) in [7, 11) is 0. The van der Waals surface area contributed by atoms with Crippen LogP contribution in [0.15, 0.2) is 23.3 Å². The Morgan fingerprint density at radius 2 is 2.08 bits per heavy atom. The zero-order valence-electron chi connectivity index (χ0n) is 15.0. The van der Waals surface area contributed by atoms with E-state index in [-0.39, 0.29) is 5.91 Å². The smallest absolute Gasteiger partial charge is 0.283 e.